The van der Waals surface area contributed by atoms with Gasteiger partial charge < -0.3 is 9.84 Å². The third kappa shape index (κ3) is 3.81. The quantitative estimate of drug-likeness (QED) is 0.816. The first-order valence-electron chi connectivity index (χ1n) is 7.19. The summed E-state index contributed by atoms with van der Waals surface area (Å²) in [5, 5.41) is 13.7. The van der Waals surface area contributed by atoms with E-state index >= 15 is 0 Å². The van der Waals surface area contributed by atoms with Gasteiger partial charge in [0.1, 0.15) is 5.75 Å². The second-order valence-electron chi connectivity index (χ2n) is 5.38. The summed E-state index contributed by atoms with van der Waals surface area (Å²) >= 11 is 5.82. The predicted molar refractivity (Wildman–Crippen MR) is 81.9 cm³/mol. The van der Waals surface area contributed by atoms with Crippen LogP contribution in [0.2, 0.25) is 5.02 Å². The molecule has 2 rings (SSSR count). The topological polar surface area (TPSA) is 62.1 Å². The van der Waals surface area contributed by atoms with Gasteiger partial charge in [-0.15, -0.1) is 0 Å². The van der Waals surface area contributed by atoms with Crippen LogP contribution in [0.15, 0.2) is 23.3 Å². The number of benzene rings is 1. The van der Waals surface area contributed by atoms with Gasteiger partial charge in [-0.05, 0) is 37.1 Å². The molecule has 1 N–H and O–H groups in total. The Balaban J connectivity index is 1.86. The van der Waals surface area contributed by atoms with E-state index in [-0.39, 0.29) is 24.5 Å². The van der Waals surface area contributed by atoms with Crippen LogP contribution in [-0.2, 0) is 4.79 Å². The van der Waals surface area contributed by atoms with Crippen LogP contribution in [0.1, 0.15) is 24.8 Å². The number of aryl methyl sites for hydroxylation is 1. The molecule has 0 fully saturated rings. The summed E-state index contributed by atoms with van der Waals surface area (Å²) in [7, 11) is 0. The van der Waals surface area contributed by atoms with Crippen molar-refractivity contribution in [1.82, 2.24) is 5.01 Å². The van der Waals surface area contributed by atoms with Gasteiger partial charge in [-0.3, -0.25) is 4.79 Å². The lowest BCUT2D eigenvalue weighted by Gasteiger charge is -2.32. The predicted octanol–water partition coefficient (Wildman–Crippen LogP) is 3.28. The van der Waals surface area contributed by atoms with Crippen molar-refractivity contribution in [3.05, 3.63) is 28.8 Å². The highest BCUT2D eigenvalue weighted by atomic mass is 35.5. The molecule has 0 aliphatic carbocycles. The Bertz CT molecular complexity index is 651. The minimum atomic E-state index is -4.98. The highest BCUT2D eigenvalue weighted by molar-refractivity contribution is 6.30. The average molecular weight is 365 g/mol. The van der Waals surface area contributed by atoms with Gasteiger partial charge in [0.2, 0.25) is 5.91 Å². The molecule has 0 bridgehead atoms. The zero-order valence-corrected chi connectivity index (χ0v) is 13.6. The summed E-state index contributed by atoms with van der Waals surface area (Å²) < 4.78 is 44.1. The molecule has 1 aliphatic heterocycles. The molecule has 0 unspecified atom stereocenters. The summed E-state index contributed by atoms with van der Waals surface area (Å²) in [5.74, 6) is -0.335. The van der Waals surface area contributed by atoms with Crippen molar-refractivity contribution in [1.29, 1.82) is 0 Å². The van der Waals surface area contributed by atoms with E-state index in [1.165, 1.54) is 0 Å². The summed E-state index contributed by atoms with van der Waals surface area (Å²) in [4.78, 5) is 11.9. The number of carbonyl (C=O) groups excluding carboxylic acids is 1. The van der Waals surface area contributed by atoms with E-state index in [9.17, 15) is 23.1 Å². The van der Waals surface area contributed by atoms with Crippen LogP contribution in [0.25, 0.3) is 0 Å². The fraction of sp³-hybridized carbons (Fsp3) is 0.467. The largest absolute Gasteiger partial charge is 0.493 e. The number of halogens is 4. The molecule has 132 valence electrons. The fourth-order valence-corrected chi connectivity index (χ4v) is 2.45. The van der Waals surface area contributed by atoms with E-state index < -0.39 is 24.2 Å². The van der Waals surface area contributed by atoms with Crippen molar-refractivity contribution in [2.45, 2.75) is 38.1 Å². The Morgan fingerprint density at radius 3 is 2.83 bits per heavy atom. The van der Waals surface area contributed by atoms with Gasteiger partial charge in [0, 0.05) is 24.1 Å². The average Bonchev–Trinajstić information content (AvgIpc) is 2.88. The highest BCUT2D eigenvalue weighted by Crippen LogP contribution is 2.38. The summed E-state index contributed by atoms with van der Waals surface area (Å²) in [6.45, 7) is 1.94. The number of alkyl halides is 3. The van der Waals surface area contributed by atoms with Crippen molar-refractivity contribution in [2.75, 3.05) is 6.61 Å². The molecule has 0 spiro atoms. The molecule has 1 aromatic rings. The van der Waals surface area contributed by atoms with Gasteiger partial charge in [-0.25, -0.2) is 0 Å². The molecule has 24 heavy (non-hydrogen) atoms. The lowest BCUT2D eigenvalue weighted by atomic mass is 10.1. The molecule has 9 heteroatoms. The van der Waals surface area contributed by atoms with Gasteiger partial charge >= 0.3 is 6.18 Å². The zero-order chi connectivity index (χ0) is 18.0. The van der Waals surface area contributed by atoms with Gasteiger partial charge in [0.25, 0.3) is 5.72 Å². The summed E-state index contributed by atoms with van der Waals surface area (Å²) in [5.41, 5.74) is -2.46. The standard InChI is InChI=1S/C15H16ClF3N2O3/c1-10-9-11(16)4-5-12(10)24-8-2-3-13(22)21-14(23,6-7-20-21)15(17,18)19/h4-5,7,9,23H,2-3,6,8H2,1H3/t14-/m1/s1. The maximum atomic E-state index is 12.9. The molecule has 1 atom stereocenters. The lowest BCUT2D eigenvalue weighted by Crippen LogP contribution is -2.56. The maximum absolute atomic E-state index is 12.9. The number of hydrogen-bond acceptors (Lipinski definition) is 4. The normalized spacial score (nSPS) is 20.5. The van der Waals surface area contributed by atoms with E-state index in [0.717, 1.165) is 11.8 Å². The van der Waals surface area contributed by atoms with Gasteiger partial charge in [0.15, 0.2) is 0 Å². The zero-order valence-electron chi connectivity index (χ0n) is 12.8. The maximum Gasteiger partial charge on any atom is 0.438 e. The monoisotopic (exact) mass is 364 g/mol. The third-order valence-electron chi connectivity index (χ3n) is 3.54. The fourth-order valence-electron chi connectivity index (χ4n) is 2.22. The molecule has 1 amide bonds. The first kappa shape index (κ1) is 18.5. The molecule has 0 aromatic heterocycles. The van der Waals surface area contributed by atoms with Crippen LogP contribution in [-0.4, -0.2) is 40.7 Å². The number of ether oxygens (including phenoxy) is 1. The Kier molecular flexibility index (Phi) is 5.39. The van der Waals surface area contributed by atoms with Gasteiger partial charge in [0.05, 0.1) is 6.61 Å². The number of amides is 1. The van der Waals surface area contributed by atoms with Crippen molar-refractivity contribution in [2.24, 2.45) is 5.10 Å². The van der Waals surface area contributed by atoms with Crippen LogP contribution < -0.4 is 4.74 Å². The third-order valence-corrected chi connectivity index (χ3v) is 3.78. The number of hydrogen-bond donors (Lipinski definition) is 1. The molecule has 5 nitrogen and oxygen atoms in total. The number of aliphatic hydroxyl groups is 1. The molecule has 0 saturated carbocycles. The van der Waals surface area contributed by atoms with E-state index in [1.807, 2.05) is 0 Å². The lowest BCUT2D eigenvalue weighted by molar-refractivity contribution is -0.302. The number of nitrogens with zero attached hydrogens (tertiary/aromatic N) is 2. The number of rotatable bonds is 5. The molecule has 1 aromatic carbocycles. The molecular weight excluding hydrogens is 349 g/mol. The Hall–Kier alpha value is -1.80. The molecule has 0 saturated heterocycles. The Morgan fingerprint density at radius 2 is 2.21 bits per heavy atom. The van der Waals surface area contributed by atoms with Crippen molar-refractivity contribution >= 4 is 23.7 Å². The Morgan fingerprint density at radius 1 is 1.50 bits per heavy atom. The molecule has 1 heterocycles. The van der Waals surface area contributed by atoms with Gasteiger partial charge in [-0.1, -0.05) is 11.6 Å². The second kappa shape index (κ2) is 6.98. The SMILES string of the molecule is Cc1cc(Cl)ccc1OCCCC(=O)N1N=CC[C@@]1(O)C(F)(F)F. The molecule has 0 radical (unpaired) electrons. The van der Waals surface area contributed by atoms with Crippen molar-refractivity contribution < 1.29 is 27.8 Å². The van der Waals surface area contributed by atoms with E-state index in [2.05, 4.69) is 5.10 Å². The second-order valence-corrected chi connectivity index (χ2v) is 5.82. The Labute approximate surface area is 141 Å². The van der Waals surface area contributed by atoms with E-state index in [1.54, 1.807) is 25.1 Å². The van der Waals surface area contributed by atoms with E-state index in [0.29, 0.717) is 10.8 Å². The van der Waals surface area contributed by atoms with Crippen molar-refractivity contribution in [3.8, 4) is 5.75 Å². The minimum Gasteiger partial charge on any atom is -0.493 e. The number of carbonyl (C=O) groups is 1. The van der Waals surface area contributed by atoms with Crippen LogP contribution in [0, 0.1) is 6.92 Å². The smallest absolute Gasteiger partial charge is 0.438 e. The first-order valence-corrected chi connectivity index (χ1v) is 7.56. The minimum absolute atomic E-state index is 0.0978. The summed E-state index contributed by atoms with van der Waals surface area (Å²) in [6, 6.07) is 5.04. The van der Waals surface area contributed by atoms with E-state index in [4.69, 9.17) is 16.3 Å². The molecule has 1 aliphatic rings. The highest BCUT2D eigenvalue weighted by Gasteiger charge is 2.61. The van der Waals surface area contributed by atoms with Crippen LogP contribution >= 0.6 is 11.6 Å². The van der Waals surface area contributed by atoms with Crippen LogP contribution in [0.3, 0.4) is 0 Å². The van der Waals surface area contributed by atoms with Crippen LogP contribution in [0.4, 0.5) is 13.2 Å². The summed E-state index contributed by atoms with van der Waals surface area (Å²) in [6.07, 6.45) is -4.93. The molecular formula is C15H16ClF3N2O3. The van der Waals surface area contributed by atoms with Gasteiger partial charge in [-0.2, -0.15) is 23.3 Å². The number of hydrazone groups is 1. The van der Waals surface area contributed by atoms with Crippen molar-refractivity contribution in [3.63, 3.8) is 0 Å². The first-order chi connectivity index (χ1) is 11.1. The van der Waals surface area contributed by atoms with Crippen LogP contribution in [0.5, 0.6) is 5.75 Å².